The summed E-state index contributed by atoms with van der Waals surface area (Å²) in [6, 6.07) is 0. The third kappa shape index (κ3) is 6.70. The fourth-order valence-electron chi connectivity index (χ4n) is 1.20. The Hall–Kier alpha value is -0.790. The lowest BCUT2D eigenvalue weighted by Crippen LogP contribution is -2.00. The maximum Gasteiger partial charge on any atom is 0.330 e. The van der Waals surface area contributed by atoms with E-state index in [-0.39, 0.29) is 0 Å². The number of allylic oxidation sites excluding steroid dienone is 1. The van der Waals surface area contributed by atoms with Gasteiger partial charge in [0.1, 0.15) is 0 Å². The average Bonchev–Trinajstić information content (AvgIpc) is 2.10. The van der Waals surface area contributed by atoms with Gasteiger partial charge in [0.2, 0.25) is 0 Å². The molecule has 0 spiro atoms. The van der Waals surface area contributed by atoms with E-state index in [4.69, 9.17) is 5.11 Å². The Kier molecular flexibility index (Phi) is 6.26. The van der Waals surface area contributed by atoms with Crippen molar-refractivity contribution in [3.8, 4) is 0 Å². The van der Waals surface area contributed by atoms with Crippen LogP contribution in [0.15, 0.2) is 11.6 Å². The Labute approximate surface area is 87.0 Å². The van der Waals surface area contributed by atoms with Gasteiger partial charge in [-0.3, -0.25) is 0 Å². The minimum absolute atomic E-state index is 0.460. The molecule has 0 amide bonds. The summed E-state index contributed by atoms with van der Waals surface area (Å²) >= 11 is 0. The van der Waals surface area contributed by atoms with E-state index in [9.17, 15) is 4.79 Å². The zero-order valence-electron chi connectivity index (χ0n) is 9.71. The molecule has 0 aliphatic carbocycles. The van der Waals surface area contributed by atoms with E-state index in [0.29, 0.717) is 11.5 Å². The molecular formula is C12H22O2. The number of rotatable bonds is 6. The van der Waals surface area contributed by atoms with Gasteiger partial charge in [-0.1, -0.05) is 39.7 Å². The minimum atomic E-state index is -0.805. The highest BCUT2D eigenvalue weighted by atomic mass is 16.4. The molecule has 0 fully saturated rings. The highest BCUT2D eigenvalue weighted by Gasteiger charge is 2.04. The van der Waals surface area contributed by atoms with Crippen LogP contribution in [0.1, 0.15) is 47.0 Å². The molecule has 0 saturated heterocycles. The summed E-state index contributed by atoms with van der Waals surface area (Å²) in [4.78, 5) is 10.5. The van der Waals surface area contributed by atoms with Gasteiger partial charge in [0.15, 0.2) is 0 Å². The van der Waals surface area contributed by atoms with Crippen LogP contribution in [0.25, 0.3) is 0 Å². The number of carbonyl (C=O) groups is 1. The second kappa shape index (κ2) is 6.63. The molecule has 0 heterocycles. The van der Waals surface area contributed by atoms with Crippen molar-refractivity contribution in [2.45, 2.75) is 47.0 Å². The molecule has 0 aromatic heterocycles. The summed E-state index contributed by atoms with van der Waals surface area (Å²) in [6.07, 6.45) is 5.11. The first-order valence-electron chi connectivity index (χ1n) is 5.33. The van der Waals surface area contributed by atoms with Crippen LogP contribution in [0.3, 0.4) is 0 Å². The normalized spacial score (nSPS) is 14.5. The smallest absolute Gasteiger partial charge is 0.330 e. The number of hydrogen-bond acceptors (Lipinski definition) is 1. The molecule has 0 rings (SSSR count). The number of carboxylic acids is 1. The number of carboxylic acid groups (broad SMARTS) is 1. The average molecular weight is 198 g/mol. The molecule has 2 nitrogen and oxygen atoms in total. The summed E-state index contributed by atoms with van der Waals surface area (Å²) in [6.45, 7) is 8.25. The van der Waals surface area contributed by atoms with Crippen molar-refractivity contribution in [1.82, 2.24) is 0 Å². The van der Waals surface area contributed by atoms with Crippen LogP contribution < -0.4 is 0 Å². The molecule has 1 atom stereocenters. The largest absolute Gasteiger partial charge is 0.478 e. The van der Waals surface area contributed by atoms with Gasteiger partial charge in [-0.15, -0.1) is 0 Å². The van der Waals surface area contributed by atoms with Gasteiger partial charge in [-0.2, -0.15) is 0 Å². The summed E-state index contributed by atoms with van der Waals surface area (Å²) in [7, 11) is 0. The SMILES string of the molecule is CC(=CCC(C)CCC(C)C)C(=O)O. The van der Waals surface area contributed by atoms with Gasteiger partial charge in [-0.05, 0) is 25.2 Å². The maximum atomic E-state index is 10.5. The minimum Gasteiger partial charge on any atom is -0.478 e. The van der Waals surface area contributed by atoms with Crippen molar-refractivity contribution in [3.63, 3.8) is 0 Å². The van der Waals surface area contributed by atoms with Crippen molar-refractivity contribution >= 4 is 5.97 Å². The van der Waals surface area contributed by atoms with Gasteiger partial charge < -0.3 is 5.11 Å². The Morgan fingerprint density at radius 1 is 1.29 bits per heavy atom. The monoisotopic (exact) mass is 198 g/mol. The second-order valence-electron chi connectivity index (χ2n) is 4.50. The first kappa shape index (κ1) is 13.2. The van der Waals surface area contributed by atoms with Crippen molar-refractivity contribution in [1.29, 1.82) is 0 Å². The molecule has 0 aliphatic rings. The third-order valence-corrected chi connectivity index (χ3v) is 2.40. The molecular weight excluding hydrogens is 176 g/mol. The predicted octanol–water partition coefficient (Wildman–Crippen LogP) is 3.48. The van der Waals surface area contributed by atoms with Crippen molar-refractivity contribution in [2.75, 3.05) is 0 Å². The van der Waals surface area contributed by atoms with Gasteiger partial charge in [-0.25, -0.2) is 4.79 Å². The van der Waals surface area contributed by atoms with Crippen LogP contribution in [0.2, 0.25) is 0 Å². The van der Waals surface area contributed by atoms with Crippen LogP contribution in [0.5, 0.6) is 0 Å². The van der Waals surface area contributed by atoms with E-state index in [1.165, 1.54) is 12.8 Å². The lowest BCUT2D eigenvalue weighted by Gasteiger charge is -2.10. The van der Waals surface area contributed by atoms with Gasteiger partial charge >= 0.3 is 5.97 Å². The van der Waals surface area contributed by atoms with E-state index >= 15 is 0 Å². The summed E-state index contributed by atoms with van der Waals surface area (Å²) in [5.74, 6) is 0.523. The number of aliphatic carboxylic acids is 1. The molecule has 14 heavy (non-hydrogen) atoms. The maximum absolute atomic E-state index is 10.5. The summed E-state index contributed by atoms with van der Waals surface area (Å²) < 4.78 is 0. The number of hydrogen-bond donors (Lipinski definition) is 1. The molecule has 0 bridgehead atoms. The predicted molar refractivity (Wildman–Crippen MR) is 59.2 cm³/mol. The zero-order chi connectivity index (χ0) is 11.1. The van der Waals surface area contributed by atoms with Gasteiger partial charge in [0.25, 0.3) is 0 Å². The van der Waals surface area contributed by atoms with Crippen LogP contribution in [-0.2, 0) is 4.79 Å². The zero-order valence-corrected chi connectivity index (χ0v) is 9.71. The molecule has 0 aliphatic heterocycles. The molecule has 0 radical (unpaired) electrons. The van der Waals surface area contributed by atoms with Crippen molar-refractivity contribution < 1.29 is 9.90 Å². The molecule has 1 unspecified atom stereocenters. The second-order valence-corrected chi connectivity index (χ2v) is 4.50. The molecule has 0 saturated carbocycles. The van der Waals surface area contributed by atoms with Crippen molar-refractivity contribution in [2.24, 2.45) is 11.8 Å². The third-order valence-electron chi connectivity index (χ3n) is 2.40. The van der Waals surface area contributed by atoms with Gasteiger partial charge in [0, 0.05) is 5.57 Å². The standard InChI is InChI=1S/C12H22O2/c1-9(2)5-6-10(3)7-8-11(4)12(13)14/h8-10H,5-7H2,1-4H3,(H,13,14). The molecule has 82 valence electrons. The molecule has 2 heteroatoms. The summed E-state index contributed by atoms with van der Waals surface area (Å²) in [5.41, 5.74) is 0.460. The molecule has 0 aromatic rings. The molecule has 0 aromatic carbocycles. The Bertz CT molecular complexity index is 204. The Morgan fingerprint density at radius 2 is 1.86 bits per heavy atom. The fourth-order valence-corrected chi connectivity index (χ4v) is 1.20. The summed E-state index contributed by atoms with van der Waals surface area (Å²) in [5, 5.41) is 8.64. The fraction of sp³-hybridized carbons (Fsp3) is 0.750. The van der Waals surface area contributed by atoms with Crippen molar-refractivity contribution in [3.05, 3.63) is 11.6 Å². The topological polar surface area (TPSA) is 37.3 Å². The van der Waals surface area contributed by atoms with E-state index in [1.807, 2.05) is 6.08 Å². The van der Waals surface area contributed by atoms with E-state index in [1.54, 1.807) is 6.92 Å². The van der Waals surface area contributed by atoms with Gasteiger partial charge in [0.05, 0.1) is 0 Å². The van der Waals surface area contributed by atoms with Crippen LogP contribution in [0.4, 0.5) is 0 Å². The first-order chi connectivity index (χ1) is 6.43. The highest BCUT2D eigenvalue weighted by Crippen LogP contribution is 2.16. The lowest BCUT2D eigenvalue weighted by atomic mass is 9.96. The Balaban J connectivity index is 3.78. The lowest BCUT2D eigenvalue weighted by molar-refractivity contribution is -0.132. The van der Waals surface area contributed by atoms with E-state index < -0.39 is 5.97 Å². The molecule has 1 N–H and O–H groups in total. The van der Waals surface area contributed by atoms with Crippen LogP contribution >= 0.6 is 0 Å². The first-order valence-corrected chi connectivity index (χ1v) is 5.33. The van der Waals surface area contributed by atoms with E-state index in [0.717, 1.165) is 12.3 Å². The Morgan fingerprint density at radius 3 is 2.29 bits per heavy atom. The quantitative estimate of drug-likeness (QED) is 0.663. The van der Waals surface area contributed by atoms with Crippen LogP contribution in [0, 0.1) is 11.8 Å². The van der Waals surface area contributed by atoms with Crippen LogP contribution in [-0.4, -0.2) is 11.1 Å². The highest BCUT2D eigenvalue weighted by molar-refractivity contribution is 5.85. The van der Waals surface area contributed by atoms with E-state index in [2.05, 4.69) is 20.8 Å².